The molecule has 2 atom stereocenters. The molecule has 1 aliphatic carbocycles. The maximum atomic E-state index is 9.63. The van der Waals surface area contributed by atoms with Crippen LogP contribution in [0.5, 0.6) is 0 Å². The molecule has 1 heterocycles. The standard InChI is InChI=1S/C10H20N2O/c1-10(13)6-12(7-10)9-4-2-3-8(9)5-11/h8-9,13H,2-7,11H2,1H3. The van der Waals surface area contributed by atoms with Crippen LogP contribution in [0.15, 0.2) is 0 Å². The van der Waals surface area contributed by atoms with E-state index >= 15 is 0 Å². The van der Waals surface area contributed by atoms with Gasteiger partial charge in [0.1, 0.15) is 0 Å². The number of hydrogen-bond acceptors (Lipinski definition) is 3. The van der Waals surface area contributed by atoms with Crippen molar-refractivity contribution < 1.29 is 5.11 Å². The van der Waals surface area contributed by atoms with Gasteiger partial charge in [0.25, 0.3) is 0 Å². The summed E-state index contributed by atoms with van der Waals surface area (Å²) in [5, 5.41) is 9.63. The van der Waals surface area contributed by atoms with Crippen LogP contribution in [0.2, 0.25) is 0 Å². The monoisotopic (exact) mass is 184 g/mol. The van der Waals surface area contributed by atoms with E-state index in [1.807, 2.05) is 6.92 Å². The lowest BCUT2D eigenvalue weighted by molar-refractivity contribution is -0.107. The van der Waals surface area contributed by atoms with E-state index in [0.29, 0.717) is 12.0 Å². The number of aliphatic hydroxyl groups is 1. The first-order valence-corrected chi connectivity index (χ1v) is 5.29. The van der Waals surface area contributed by atoms with Gasteiger partial charge in [-0.2, -0.15) is 0 Å². The fourth-order valence-electron chi connectivity index (χ4n) is 2.84. The number of nitrogens with two attached hydrogens (primary N) is 1. The fraction of sp³-hybridized carbons (Fsp3) is 1.00. The maximum Gasteiger partial charge on any atom is 0.0872 e. The number of hydrogen-bond donors (Lipinski definition) is 2. The molecule has 0 aromatic heterocycles. The topological polar surface area (TPSA) is 49.5 Å². The van der Waals surface area contributed by atoms with Crippen molar-refractivity contribution in [3.8, 4) is 0 Å². The number of nitrogens with zero attached hydrogens (tertiary/aromatic N) is 1. The van der Waals surface area contributed by atoms with Crippen molar-refractivity contribution in [2.24, 2.45) is 11.7 Å². The minimum absolute atomic E-state index is 0.429. The van der Waals surface area contributed by atoms with E-state index in [1.54, 1.807) is 0 Å². The summed E-state index contributed by atoms with van der Waals surface area (Å²) in [7, 11) is 0. The summed E-state index contributed by atoms with van der Waals surface area (Å²) in [4.78, 5) is 2.39. The minimum Gasteiger partial charge on any atom is -0.388 e. The lowest BCUT2D eigenvalue weighted by atomic mass is 9.91. The first kappa shape index (κ1) is 9.44. The first-order valence-electron chi connectivity index (χ1n) is 5.29. The molecule has 76 valence electrons. The third-order valence-electron chi connectivity index (χ3n) is 3.48. The van der Waals surface area contributed by atoms with E-state index in [4.69, 9.17) is 5.73 Å². The van der Waals surface area contributed by atoms with Crippen molar-refractivity contribution in [3.05, 3.63) is 0 Å². The highest BCUT2D eigenvalue weighted by atomic mass is 16.3. The summed E-state index contributed by atoms with van der Waals surface area (Å²) < 4.78 is 0. The normalized spacial score (nSPS) is 39.0. The molecular formula is C10H20N2O. The van der Waals surface area contributed by atoms with Crippen LogP contribution in [-0.2, 0) is 0 Å². The van der Waals surface area contributed by atoms with Gasteiger partial charge in [-0.05, 0) is 32.2 Å². The molecule has 3 N–H and O–H groups in total. The van der Waals surface area contributed by atoms with Gasteiger partial charge in [-0.1, -0.05) is 6.42 Å². The summed E-state index contributed by atoms with van der Waals surface area (Å²) in [6, 6.07) is 0.658. The van der Waals surface area contributed by atoms with Crippen molar-refractivity contribution in [3.63, 3.8) is 0 Å². The van der Waals surface area contributed by atoms with Gasteiger partial charge in [0, 0.05) is 19.1 Å². The Kier molecular flexibility index (Phi) is 2.34. The van der Waals surface area contributed by atoms with Gasteiger partial charge in [-0.3, -0.25) is 4.90 Å². The molecule has 3 nitrogen and oxygen atoms in total. The molecule has 1 saturated heterocycles. The van der Waals surface area contributed by atoms with Crippen LogP contribution in [0.4, 0.5) is 0 Å². The van der Waals surface area contributed by atoms with E-state index in [2.05, 4.69) is 4.90 Å². The van der Waals surface area contributed by atoms with E-state index in [9.17, 15) is 5.11 Å². The Bertz CT molecular complexity index is 185. The Morgan fingerprint density at radius 3 is 2.69 bits per heavy atom. The molecule has 2 unspecified atom stereocenters. The van der Waals surface area contributed by atoms with Gasteiger partial charge < -0.3 is 10.8 Å². The molecule has 3 heteroatoms. The van der Waals surface area contributed by atoms with Gasteiger partial charge in [-0.25, -0.2) is 0 Å². The molecular weight excluding hydrogens is 164 g/mol. The van der Waals surface area contributed by atoms with Gasteiger partial charge in [0.05, 0.1) is 5.60 Å². The molecule has 1 saturated carbocycles. The smallest absolute Gasteiger partial charge is 0.0872 e. The highest BCUT2D eigenvalue weighted by molar-refractivity contribution is 4.98. The lowest BCUT2D eigenvalue weighted by Crippen LogP contribution is -2.63. The van der Waals surface area contributed by atoms with E-state index < -0.39 is 5.60 Å². The van der Waals surface area contributed by atoms with Crippen LogP contribution < -0.4 is 5.73 Å². The molecule has 2 aliphatic rings. The maximum absolute atomic E-state index is 9.63. The van der Waals surface area contributed by atoms with Crippen LogP contribution in [0, 0.1) is 5.92 Å². The van der Waals surface area contributed by atoms with Crippen LogP contribution >= 0.6 is 0 Å². The van der Waals surface area contributed by atoms with Gasteiger partial charge in [-0.15, -0.1) is 0 Å². The van der Waals surface area contributed by atoms with Crippen LogP contribution in [-0.4, -0.2) is 41.3 Å². The fourth-order valence-corrected chi connectivity index (χ4v) is 2.84. The zero-order chi connectivity index (χ0) is 9.47. The molecule has 2 fully saturated rings. The number of rotatable bonds is 2. The molecule has 0 bridgehead atoms. The minimum atomic E-state index is -0.429. The van der Waals surface area contributed by atoms with Gasteiger partial charge >= 0.3 is 0 Å². The van der Waals surface area contributed by atoms with Crippen molar-refractivity contribution in [2.45, 2.75) is 37.8 Å². The Labute approximate surface area is 79.9 Å². The average molecular weight is 184 g/mol. The SMILES string of the molecule is CC1(O)CN(C2CCCC2CN)C1. The van der Waals surface area contributed by atoms with Crippen molar-refractivity contribution in [2.75, 3.05) is 19.6 Å². The largest absolute Gasteiger partial charge is 0.388 e. The number of β-amino-alcohol motifs (C(OH)–C–C–N with tert-alkyl or cyclic N) is 1. The van der Waals surface area contributed by atoms with Crippen LogP contribution in [0.3, 0.4) is 0 Å². The van der Waals surface area contributed by atoms with E-state index in [1.165, 1.54) is 19.3 Å². The average Bonchev–Trinajstić information content (AvgIpc) is 2.46. The molecule has 2 rings (SSSR count). The molecule has 0 amide bonds. The third-order valence-corrected chi connectivity index (χ3v) is 3.48. The summed E-state index contributed by atoms with van der Waals surface area (Å²) in [6.07, 6.45) is 3.86. The summed E-state index contributed by atoms with van der Waals surface area (Å²) in [6.45, 7) is 4.40. The first-order chi connectivity index (χ1) is 6.12. The molecule has 0 radical (unpaired) electrons. The second-order valence-electron chi connectivity index (χ2n) is 4.90. The summed E-state index contributed by atoms with van der Waals surface area (Å²) in [5.74, 6) is 0.677. The van der Waals surface area contributed by atoms with Crippen LogP contribution in [0.25, 0.3) is 0 Å². The second kappa shape index (κ2) is 3.23. The van der Waals surface area contributed by atoms with Gasteiger partial charge in [0.15, 0.2) is 0 Å². The number of likely N-dealkylation sites (tertiary alicyclic amines) is 1. The molecule has 13 heavy (non-hydrogen) atoms. The Hall–Kier alpha value is -0.120. The predicted octanol–water partition coefficient (Wildman–Crippen LogP) is 0.180. The lowest BCUT2D eigenvalue weighted by Gasteiger charge is -2.49. The highest BCUT2D eigenvalue weighted by Crippen LogP contribution is 2.34. The zero-order valence-corrected chi connectivity index (χ0v) is 8.37. The predicted molar refractivity (Wildman–Crippen MR) is 52.4 cm³/mol. The Morgan fingerprint density at radius 1 is 1.46 bits per heavy atom. The zero-order valence-electron chi connectivity index (χ0n) is 8.37. The molecule has 0 spiro atoms. The van der Waals surface area contributed by atoms with Crippen molar-refractivity contribution in [1.82, 2.24) is 4.90 Å². The second-order valence-corrected chi connectivity index (χ2v) is 4.90. The highest BCUT2D eigenvalue weighted by Gasteiger charge is 2.43. The molecule has 0 aromatic rings. The molecule has 1 aliphatic heterocycles. The Balaban J connectivity index is 1.88. The van der Waals surface area contributed by atoms with Crippen molar-refractivity contribution in [1.29, 1.82) is 0 Å². The van der Waals surface area contributed by atoms with Crippen molar-refractivity contribution >= 4 is 0 Å². The van der Waals surface area contributed by atoms with Crippen LogP contribution in [0.1, 0.15) is 26.2 Å². The van der Waals surface area contributed by atoms with Gasteiger partial charge in [0.2, 0.25) is 0 Å². The quantitative estimate of drug-likeness (QED) is 0.643. The summed E-state index contributed by atoms with van der Waals surface area (Å²) in [5.41, 5.74) is 5.29. The third kappa shape index (κ3) is 1.73. The molecule has 0 aromatic carbocycles. The Morgan fingerprint density at radius 2 is 2.15 bits per heavy atom. The summed E-state index contributed by atoms with van der Waals surface area (Å²) >= 11 is 0. The van der Waals surface area contributed by atoms with E-state index in [-0.39, 0.29) is 0 Å². The van der Waals surface area contributed by atoms with E-state index in [0.717, 1.165) is 19.6 Å².